The molecule has 0 saturated carbocycles. The summed E-state index contributed by atoms with van der Waals surface area (Å²) in [5, 5.41) is 13.6. The van der Waals surface area contributed by atoms with Gasteiger partial charge in [0.25, 0.3) is 5.91 Å². The number of carbonyl (C=O) groups is 1. The van der Waals surface area contributed by atoms with Crippen molar-refractivity contribution in [2.45, 2.75) is 13.5 Å². The molecule has 0 unspecified atom stereocenters. The van der Waals surface area contributed by atoms with Crippen molar-refractivity contribution in [2.75, 3.05) is 5.32 Å². The van der Waals surface area contributed by atoms with Crippen molar-refractivity contribution in [2.24, 2.45) is 0 Å². The van der Waals surface area contributed by atoms with Crippen LogP contribution in [0, 0.1) is 6.92 Å². The molecular weight excluding hydrogens is 382 g/mol. The zero-order valence-electron chi connectivity index (χ0n) is 12.2. The number of aromatic amines is 1. The fraction of sp³-hybridized carbons (Fsp3) is 0.133. The molecular formula is C15H13BrClN5O. The average Bonchev–Trinajstić information content (AvgIpc) is 3.08. The van der Waals surface area contributed by atoms with Gasteiger partial charge in [0.1, 0.15) is 5.69 Å². The zero-order chi connectivity index (χ0) is 16.4. The minimum atomic E-state index is -0.395. The van der Waals surface area contributed by atoms with E-state index in [4.69, 9.17) is 11.6 Å². The van der Waals surface area contributed by atoms with Crippen LogP contribution in [0.5, 0.6) is 0 Å². The smallest absolute Gasteiger partial charge is 0.276 e. The number of nitrogens with zero attached hydrogens (tertiary/aromatic N) is 3. The van der Waals surface area contributed by atoms with Gasteiger partial charge >= 0.3 is 0 Å². The first-order valence-corrected chi connectivity index (χ1v) is 7.99. The molecule has 0 atom stereocenters. The normalized spacial score (nSPS) is 10.7. The van der Waals surface area contributed by atoms with Crippen LogP contribution in [-0.4, -0.2) is 25.9 Å². The number of halogens is 2. The minimum Gasteiger partial charge on any atom is -0.303 e. The number of nitrogens with one attached hydrogen (secondary N) is 2. The summed E-state index contributed by atoms with van der Waals surface area (Å²) in [6, 6.07) is 8.20. The maximum Gasteiger partial charge on any atom is 0.276 e. The van der Waals surface area contributed by atoms with Crippen molar-refractivity contribution in [3.05, 3.63) is 63.0 Å². The van der Waals surface area contributed by atoms with Crippen molar-refractivity contribution in [1.29, 1.82) is 0 Å². The molecule has 3 rings (SSSR count). The number of carbonyl (C=O) groups excluding carboxylic acids is 1. The highest BCUT2D eigenvalue weighted by Gasteiger charge is 2.16. The second-order valence-electron chi connectivity index (χ2n) is 5.06. The Kier molecular flexibility index (Phi) is 4.49. The summed E-state index contributed by atoms with van der Waals surface area (Å²) in [6.45, 7) is 2.65. The van der Waals surface area contributed by atoms with Crippen molar-refractivity contribution < 1.29 is 4.79 Å². The third-order valence-electron chi connectivity index (χ3n) is 3.23. The van der Waals surface area contributed by atoms with Crippen LogP contribution in [0.1, 0.15) is 21.6 Å². The first kappa shape index (κ1) is 15.8. The molecule has 118 valence electrons. The Balaban J connectivity index is 1.74. The monoisotopic (exact) mass is 393 g/mol. The molecule has 0 spiro atoms. The maximum atomic E-state index is 12.1. The first-order chi connectivity index (χ1) is 11.0. The standard InChI is InChI=1S/C15H13BrClN5O/c1-9-2-4-10(5-3-9)7-22-8-11(16)14(21-22)19-15(23)13-12(17)6-18-20-13/h2-6,8H,7H2,1H3,(H,18,20)(H,19,21,23). The second kappa shape index (κ2) is 6.55. The molecule has 6 nitrogen and oxygen atoms in total. The summed E-state index contributed by atoms with van der Waals surface area (Å²) in [4.78, 5) is 12.1. The summed E-state index contributed by atoms with van der Waals surface area (Å²) in [5.41, 5.74) is 2.53. The molecule has 0 radical (unpaired) electrons. The maximum absolute atomic E-state index is 12.1. The van der Waals surface area contributed by atoms with Gasteiger partial charge in [0.05, 0.1) is 22.2 Å². The Morgan fingerprint density at radius 1 is 1.39 bits per heavy atom. The van der Waals surface area contributed by atoms with Crippen LogP contribution in [0.15, 0.2) is 41.1 Å². The number of aromatic nitrogens is 4. The predicted molar refractivity (Wildman–Crippen MR) is 91.8 cm³/mol. The van der Waals surface area contributed by atoms with E-state index in [1.807, 2.05) is 25.3 Å². The molecule has 0 aliphatic rings. The van der Waals surface area contributed by atoms with Gasteiger partial charge in [-0.3, -0.25) is 14.6 Å². The van der Waals surface area contributed by atoms with Gasteiger partial charge < -0.3 is 5.32 Å². The number of hydrogen-bond acceptors (Lipinski definition) is 3. The van der Waals surface area contributed by atoms with Gasteiger partial charge in [-0.2, -0.15) is 10.2 Å². The fourth-order valence-corrected chi connectivity index (χ4v) is 2.64. The predicted octanol–water partition coefficient (Wildman–Crippen LogP) is 3.63. The number of H-pyrrole nitrogens is 1. The number of anilines is 1. The molecule has 2 N–H and O–H groups in total. The van der Waals surface area contributed by atoms with Crippen LogP contribution in [0.4, 0.5) is 5.82 Å². The van der Waals surface area contributed by atoms with E-state index in [1.165, 1.54) is 11.8 Å². The second-order valence-corrected chi connectivity index (χ2v) is 6.32. The van der Waals surface area contributed by atoms with E-state index in [0.717, 1.165) is 5.56 Å². The molecule has 8 heteroatoms. The lowest BCUT2D eigenvalue weighted by Gasteiger charge is -2.03. The van der Waals surface area contributed by atoms with Gasteiger partial charge in [-0.1, -0.05) is 41.4 Å². The van der Waals surface area contributed by atoms with Crippen molar-refractivity contribution in [1.82, 2.24) is 20.0 Å². The van der Waals surface area contributed by atoms with Crippen LogP contribution >= 0.6 is 27.5 Å². The molecule has 1 aromatic carbocycles. The molecule has 23 heavy (non-hydrogen) atoms. The molecule has 2 aromatic heterocycles. The van der Waals surface area contributed by atoms with E-state index in [0.29, 0.717) is 16.8 Å². The summed E-state index contributed by atoms with van der Waals surface area (Å²) < 4.78 is 2.44. The van der Waals surface area contributed by atoms with E-state index >= 15 is 0 Å². The average molecular weight is 395 g/mol. The van der Waals surface area contributed by atoms with Gasteiger partial charge in [-0.25, -0.2) is 0 Å². The fourth-order valence-electron chi connectivity index (χ4n) is 2.04. The minimum absolute atomic E-state index is 0.201. The highest BCUT2D eigenvalue weighted by molar-refractivity contribution is 9.10. The highest BCUT2D eigenvalue weighted by Crippen LogP contribution is 2.22. The molecule has 2 heterocycles. The largest absolute Gasteiger partial charge is 0.303 e. The summed E-state index contributed by atoms with van der Waals surface area (Å²) in [7, 11) is 0. The van der Waals surface area contributed by atoms with Crippen molar-refractivity contribution in [3.8, 4) is 0 Å². The molecule has 0 bridgehead atoms. The van der Waals surface area contributed by atoms with Crippen LogP contribution < -0.4 is 5.32 Å². The highest BCUT2D eigenvalue weighted by atomic mass is 79.9. The van der Waals surface area contributed by atoms with Crippen LogP contribution in [0.25, 0.3) is 0 Å². The quantitative estimate of drug-likeness (QED) is 0.709. The topological polar surface area (TPSA) is 75.6 Å². The summed E-state index contributed by atoms with van der Waals surface area (Å²) in [5.74, 6) is 0.0292. The number of hydrogen-bond donors (Lipinski definition) is 2. The Hall–Kier alpha value is -2.12. The van der Waals surface area contributed by atoms with Crippen LogP contribution in [0.2, 0.25) is 5.02 Å². The third kappa shape index (κ3) is 3.62. The molecule has 0 aliphatic carbocycles. The lowest BCUT2D eigenvalue weighted by atomic mass is 10.1. The van der Waals surface area contributed by atoms with Gasteiger partial charge in [0.2, 0.25) is 0 Å². The molecule has 0 saturated heterocycles. The van der Waals surface area contributed by atoms with E-state index in [1.54, 1.807) is 4.68 Å². The van der Waals surface area contributed by atoms with Crippen molar-refractivity contribution >= 4 is 39.3 Å². The van der Waals surface area contributed by atoms with E-state index in [9.17, 15) is 4.79 Å². The van der Waals surface area contributed by atoms with E-state index in [2.05, 4.69) is 48.7 Å². The van der Waals surface area contributed by atoms with Crippen LogP contribution in [-0.2, 0) is 6.54 Å². The summed E-state index contributed by atoms with van der Waals surface area (Å²) >= 11 is 9.27. The Morgan fingerprint density at radius 3 is 2.78 bits per heavy atom. The van der Waals surface area contributed by atoms with Gasteiger partial charge in [-0.15, -0.1) is 0 Å². The Labute approximate surface area is 146 Å². The van der Waals surface area contributed by atoms with Gasteiger partial charge in [-0.05, 0) is 28.4 Å². The van der Waals surface area contributed by atoms with E-state index in [-0.39, 0.29) is 10.7 Å². The Bertz CT molecular complexity index is 840. The van der Waals surface area contributed by atoms with Crippen molar-refractivity contribution in [3.63, 3.8) is 0 Å². The number of aryl methyl sites for hydroxylation is 1. The number of rotatable bonds is 4. The SMILES string of the molecule is Cc1ccc(Cn2cc(Br)c(NC(=O)c3[nH]ncc3Cl)n2)cc1. The lowest BCUT2D eigenvalue weighted by Crippen LogP contribution is -2.14. The lowest BCUT2D eigenvalue weighted by molar-refractivity contribution is 0.102. The molecule has 3 aromatic rings. The third-order valence-corrected chi connectivity index (χ3v) is 4.10. The first-order valence-electron chi connectivity index (χ1n) is 6.81. The molecule has 0 fully saturated rings. The molecule has 1 amide bonds. The van der Waals surface area contributed by atoms with Crippen LogP contribution in [0.3, 0.4) is 0 Å². The van der Waals surface area contributed by atoms with Gasteiger partial charge in [0.15, 0.2) is 5.82 Å². The van der Waals surface area contributed by atoms with E-state index < -0.39 is 5.91 Å². The zero-order valence-corrected chi connectivity index (χ0v) is 14.5. The summed E-state index contributed by atoms with van der Waals surface area (Å²) in [6.07, 6.45) is 3.19. The Morgan fingerprint density at radius 2 is 2.13 bits per heavy atom. The molecule has 0 aliphatic heterocycles. The number of benzene rings is 1. The van der Waals surface area contributed by atoms with Gasteiger partial charge in [0, 0.05) is 6.20 Å². The number of amides is 1.